The summed E-state index contributed by atoms with van der Waals surface area (Å²) in [7, 11) is -3.88. The van der Waals surface area contributed by atoms with Crippen LogP contribution in [0.3, 0.4) is 0 Å². The van der Waals surface area contributed by atoms with E-state index in [2.05, 4.69) is 9.17 Å². The molecule has 0 spiro atoms. The van der Waals surface area contributed by atoms with Gasteiger partial charge in [0.1, 0.15) is 11.6 Å². The monoisotopic (exact) mass is 320 g/mol. The van der Waals surface area contributed by atoms with Gasteiger partial charge in [0, 0.05) is 18.8 Å². The summed E-state index contributed by atoms with van der Waals surface area (Å²) in [6.45, 7) is 1.80. The van der Waals surface area contributed by atoms with Crippen molar-refractivity contribution in [3.8, 4) is 17.1 Å². The zero-order valence-corrected chi connectivity index (χ0v) is 11.9. The average Bonchev–Trinajstić information content (AvgIpc) is 2.67. The highest BCUT2D eigenvalue weighted by Crippen LogP contribution is 2.28. The molecule has 0 atom stereocenters. The fourth-order valence-electron chi connectivity index (χ4n) is 1.72. The smallest absolute Gasteiger partial charge is 0.376 e. The maximum absolute atomic E-state index is 12.2. The Kier molecular flexibility index (Phi) is 3.70. The van der Waals surface area contributed by atoms with E-state index in [1.165, 1.54) is 12.1 Å². The maximum Gasteiger partial charge on any atom is 0.534 e. The van der Waals surface area contributed by atoms with Crippen LogP contribution in [0, 0.1) is 6.92 Å². The zero-order valence-electron chi connectivity index (χ0n) is 11.0. The third-order valence-electron chi connectivity index (χ3n) is 2.60. The molecule has 1 heterocycles. The topological polar surface area (TPSA) is 61.2 Å². The highest BCUT2D eigenvalue weighted by molar-refractivity contribution is 7.87. The van der Waals surface area contributed by atoms with E-state index in [4.69, 9.17) is 0 Å². The van der Waals surface area contributed by atoms with Gasteiger partial charge in [-0.1, -0.05) is 0 Å². The minimum Gasteiger partial charge on any atom is -0.376 e. The van der Waals surface area contributed by atoms with Gasteiger partial charge < -0.3 is 8.75 Å². The first-order chi connectivity index (χ1) is 9.60. The highest BCUT2D eigenvalue weighted by Gasteiger charge is 2.48. The SMILES string of the molecule is Cc1cn(C)c(-c2ccc(OS(=O)(=O)C(F)(F)F)cc2)n1. The molecule has 1 aromatic carbocycles. The Labute approximate surface area is 119 Å². The molecule has 0 aliphatic carbocycles. The molecule has 114 valence electrons. The van der Waals surface area contributed by atoms with E-state index < -0.39 is 21.4 Å². The van der Waals surface area contributed by atoms with Crippen LogP contribution in [0.5, 0.6) is 5.75 Å². The summed E-state index contributed by atoms with van der Waals surface area (Å²) in [6.07, 6.45) is 1.79. The van der Waals surface area contributed by atoms with E-state index in [1.54, 1.807) is 24.7 Å². The molecule has 5 nitrogen and oxygen atoms in total. The summed E-state index contributed by atoms with van der Waals surface area (Å²) in [5.41, 5.74) is -4.04. The number of hydrogen-bond acceptors (Lipinski definition) is 4. The fourth-order valence-corrected chi connectivity index (χ4v) is 2.18. The van der Waals surface area contributed by atoms with Crippen LogP contribution in [0.15, 0.2) is 30.5 Å². The zero-order chi connectivity index (χ0) is 15.8. The Morgan fingerprint density at radius 1 is 1.19 bits per heavy atom. The van der Waals surface area contributed by atoms with Crippen LogP contribution >= 0.6 is 0 Å². The van der Waals surface area contributed by atoms with Crippen LogP contribution in [0.25, 0.3) is 11.4 Å². The van der Waals surface area contributed by atoms with Crippen LogP contribution in [0.1, 0.15) is 5.69 Å². The molecule has 0 amide bonds. The molecule has 0 saturated heterocycles. The third-order valence-corrected chi connectivity index (χ3v) is 3.58. The number of alkyl halides is 3. The van der Waals surface area contributed by atoms with Crippen LogP contribution in [0.2, 0.25) is 0 Å². The molecule has 0 radical (unpaired) electrons. The van der Waals surface area contributed by atoms with Gasteiger partial charge in [-0.3, -0.25) is 0 Å². The van der Waals surface area contributed by atoms with Gasteiger partial charge in [-0.25, -0.2) is 4.98 Å². The van der Waals surface area contributed by atoms with E-state index >= 15 is 0 Å². The van der Waals surface area contributed by atoms with Crippen molar-refractivity contribution < 1.29 is 25.8 Å². The summed E-state index contributed by atoms with van der Waals surface area (Å²) in [4.78, 5) is 4.25. The molecule has 9 heteroatoms. The van der Waals surface area contributed by atoms with Crippen molar-refractivity contribution in [3.63, 3.8) is 0 Å². The molecule has 0 bridgehead atoms. The first-order valence-corrected chi connectivity index (χ1v) is 7.12. The van der Waals surface area contributed by atoms with Gasteiger partial charge in [-0.2, -0.15) is 21.6 Å². The van der Waals surface area contributed by atoms with E-state index in [0.29, 0.717) is 11.4 Å². The molecular formula is C12H11F3N2O3S. The first-order valence-electron chi connectivity index (χ1n) is 5.71. The maximum atomic E-state index is 12.2. The molecule has 0 aliphatic rings. The molecule has 0 aliphatic heterocycles. The Hall–Kier alpha value is -2.03. The number of benzene rings is 1. The summed E-state index contributed by atoms with van der Waals surface area (Å²) in [5, 5.41) is 0. The lowest BCUT2D eigenvalue weighted by Crippen LogP contribution is -2.28. The van der Waals surface area contributed by atoms with Gasteiger partial charge in [0.25, 0.3) is 0 Å². The Morgan fingerprint density at radius 3 is 2.19 bits per heavy atom. The Balaban J connectivity index is 2.26. The van der Waals surface area contributed by atoms with Gasteiger partial charge >= 0.3 is 15.6 Å². The number of halogens is 3. The van der Waals surface area contributed by atoms with Crippen molar-refractivity contribution in [1.82, 2.24) is 9.55 Å². The number of aromatic nitrogens is 2. The fraction of sp³-hybridized carbons (Fsp3) is 0.250. The summed E-state index contributed by atoms with van der Waals surface area (Å²) >= 11 is 0. The molecule has 21 heavy (non-hydrogen) atoms. The number of rotatable bonds is 3. The molecule has 2 aromatic rings. The molecule has 0 N–H and O–H groups in total. The number of imidazole rings is 1. The quantitative estimate of drug-likeness (QED) is 0.644. The molecule has 0 fully saturated rings. The molecule has 0 saturated carbocycles. The van der Waals surface area contributed by atoms with E-state index in [9.17, 15) is 21.6 Å². The van der Waals surface area contributed by atoms with Gasteiger partial charge in [0.15, 0.2) is 0 Å². The van der Waals surface area contributed by atoms with Crippen LogP contribution in [-0.4, -0.2) is 23.5 Å². The summed E-state index contributed by atoms with van der Waals surface area (Å²) < 4.78 is 64.1. The molecular weight excluding hydrogens is 309 g/mol. The predicted octanol–water partition coefficient (Wildman–Crippen LogP) is 2.62. The van der Waals surface area contributed by atoms with E-state index in [1.807, 2.05) is 0 Å². The number of nitrogens with zero attached hydrogens (tertiary/aromatic N) is 2. The second-order valence-corrected chi connectivity index (χ2v) is 5.86. The lowest BCUT2D eigenvalue weighted by atomic mass is 10.2. The second kappa shape index (κ2) is 5.06. The van der Waals surface area contributed by atoms with Gasteiger partial charge in [0.2, 0.25) is 0 Å². The minimum atomic E-state index is -5.65. The number of hydrogen-bond donors (Lipinski definition) is 0. The third kappa shape index (κ3) is 3.18. The normalized spacial score (nSPS) is 12.4. The predicted molar refractivity (Wildman–Crippen MR) is 69.0 cm³/mol. The van der Waals surface area contributed by atoms with Crippen molar-refractivity contribution in [2.45, 2.75) is 12.4 Å². The number of aryl methyl sites for hydroxylation is 2. The van der Waals surface area contributed by atoms with Gasteiger partial charge in [-0.05, 0) is 31.2 Å². The largest absolute Gasteiger partial charge is 0.534 e. The lowest BCUT2D eigenvalue weighted by Gasteiger charge is -2.09. The van der Waals surface area contributed by atoms with Crippen molar-refractivity contribution in [3.05, 3.63) is 36.2 Å². The van der Waals surface area contributed by atoms with Crippen LogP contribution < -0.4 is 4.18 Å². The van der Waals surface area contributed by atoms with E-state index in [0.717, 1.165) is 17.8 Å². The molecule has 1 aromatic heterocycles. The standard InChI is InChI=1S/C12H11F3N2O3S/c1-8-7-17(2)11(16-8)9-3-5-10(6-4-9)20-21(18,19)12(13,14)15/h3-7H,1-2H3. The molecule has 2 rings (SSSR count). The van der Waals surface area contributed by atoms with Gasteiger partial charge in [-0.15, -0.1) is 0 Å². The van der Waals surface area contributed by atoms with Crippen molar-refractivity contribution in [2.75, 3.05) is 0 Å². The highest BCUT2D eigenvalue weighted by atomic mass is 32.2. The minimum absolute atomic E-state index is 0.415. The van der Waals surface area contributed by atoms with Crippen LogP contribution in [-0.2, 0) is 17.2 Å². The van der Waals surface area contributed by atoms with Gasteiger partial charge in [0.05, 0.1) is 5.69 Å². The first kappa shape index (κ1) is 15.4. The summed E-state index contributed by atoms with van der Waals surface area (Å²) in [6, 6.07) is 5.15. The Bertz CT molecular complexity index is 749. The van der Waals surface area contributed by atoms with Crippen molar-refractivity contribution in [2.24, 2.45) is 7.05 Å². The summed E-state index contributed by atoms with van der Waals surface area (Å²) in [5.74, 6) is 0.194. The second-order valence-electron chi connectivity index (χ2n) is 4.32. The van der Waals surface area contributed by atoms with E-state index in [-0.39, 0.29) is 0 Å². The Morgan fingerprint density at radius 2 is 1.76 bits per heavy atom. The van der Waals surface area contributed by atoms with Crippen molar-refractivity contribution >= 4 is 10.1 Å². The average molecular weight is 320 g/mol. The van der Waals surface area contributed by atoms with Crippen LogP contribution in [0.4, 0.5) is 13.2 Å². The lowest BCUT2D eigenvalue weighted by molar-refractivity contribution is -0.0500. The molecule has 0 unspecified atom stereocenters. The van der Waals surface area contributed by atoms with Crippen molar-refractivity contribution in [1.29, 1.82) is 0 Å².